The fraction of sp³-hybridized carbons (Fsp3) is 1.00. The van der Waals surface area contributed by atoms with Crippen molar-refractivity contribution in [3.8, 4) is 0 Å². The first-order valence-corrected chi connectivity index (χ1v) is 6.73. The Morgan fingerprint density at radius 3 is 2.53 bits per heavy atom. The smallest absolute Gasteiger partial charge is 0.0227 e. The second-order valence-corrected chi connectivity index (χ2v) is 5.48. The second-order valence-electron chi connectivity index (χ2n) is 5.48. The van der Waals surface area contributed by atoms with E-state index in [-0.39, 0.29) is 0 Å². The maximum atomic E-state index is 3.63. The summed E-state index contributed by atoms with van der Waals surface area (Å²) in [6.45, 7) is 8.27. The Morgan fingerprint density at radius 1 is 1.13 bits per heavy atom. The number of hydrogen-bond acceptors (Lipinski definition) is 2. The van der Waals surface area contributed by atoms with E-state index in [4.69, 9.17) is 0 Å². The highest BCUT2D eigenvalue weighted by Crippen LogP contribution is 2.30. The summed E-state index contributed by atoms with van der Waals surface area (Å²) in [5.41, 5.74) is 0. The maximum absolute atomic E-state index is 3.63. The Kier molecular flexibility index (Phi) is 3.68. The number of hydrogen-bond donors (Lipinski definition) is 1. The van der Waals surface area contributed by atoms with E-state index in [1.54, 1.807) is 0 Å². The molecular weight excluding hydrogens is 184 g/mol. The van der Waals surface area contributed by atoms with Gasteiger partial charge in [0.05, 0.1) is 0 Å². The summed E-state index contributed by atoms with van der Waals surface area (Å²) in [7, 11) is 0. The van der Waals surface area contributed by atoms with Gasteiger partial charge in [0.15, 0.2) is 0 Å². The van der Waals surface area contributed by atoms with Crippen molar-refractivity contribution in [3.05, 3.63) is 0 Å². The largest absolute Gasteiger partial charge is 0.313 e. The number of nitrogens with one attached hydrogen (secondary N) is 1. The van der Waals surface area contributed by atoms with Crippen molar-refractivity contribution in [3.63, 3.8) is 0 Å². The zero-order chi connectivity index (χ0) is 10.8. The molecule has 2 aliphatic heterocycles. The fourth-order valence-electron chi connectivity index (χ4n) is 3.40. The summed E-state index contributed by atoms with van der Waals surface area (Å²) in [4.78, 5) is 2.80. The van der Waals surface area contributed by atoms with Crippen LogP contribution in [0.15, 0.2) is 0 Å². The molecule has 2 rings (SSSR count). The molecule has 0 aromatic heterocycles. The lowest BCUT2D eigenvalue weighted by molar-refractivity contribution is 0.104. The van der Waals surface area contributed by atoms with Crippen LogP contribution in [0.3, 0.4) is 0 Å². The normalized spacial score (nSPS) is 43.4. The average molecular weight is 210 g/mol. The standard InChI is InChI=1S/C13H26N2/c1-4-12-8-6-11(3)15(12)13-7-5-10(2)14-9-13/h10-14H,4-9H2,1-3H3. The molecule has 0 aliphatic carbocycles. The molecule has 15 heavy (non-hydrogen) atoms. The lowest BCUT2D eigenvalue weighted by Crippen LogP contribution is -2.52. The van der Waals surface area contributed by atoms with Crippen LogP contribution < -0.4 is 5.32 Å². The van der Waals surface area contributed by atoms with Gasteiger partial charge in [-0.1, -0.05) is 6.92 Å². The van der Waals surface area contributed by atoms with Crippen molar-refractivity contribution in [2.24, 2.45) is 0 Å². The summed E-state index contributed by atoms with van der Waals surface area (Å²) in [5.74, 6) is 0. The number of likely N-dealkylation sites (tertiary alicyclic amines) is 1. The summed E-state index contributed by atoms with van der Waals surface area (Å²) >= 11 is 0. The molecule has 0 saturated carbocycles. The highest BCUT2D eigenvalue weighted by Gasteiger charge is 2.35. The maximum Gasteiger partial charge on any atom is 0.0227 e. The van der Waals surface area contributed by atoms with E-state index >= 15 is 0 Å². The SMILES string of the molecule is CCC1CCC(C)N1C1CCC(C)NC1. The Bertz CT molecular complexity index is 197. The molecule has 2 heteroatoms. The minimum absolute atomic E-state index is 0.735. The van der Waals surface area contributed by atoms with Crippen LogP contribution in [0, 0.1) is 0 Å². The molecule has 2 nitrogen and oxygen atoms in total. The first-order chi connectivity index (χ1) is 7.22. The van der Waals surface area contributed by atoms with Gasteiger partial charge in [0, 0.05) is 30.7 Å². The van der Waals surface area contributed by atoms with Crippen molar-refractivity contribution in [2.45, 2.75) is 77.0 Å². The van der Waals surface area contributed by atoms with Gasteiger partial charge >= 0.3 is 0 Å². The van der Waals surface area contributed by atoms with Crippen LogP contribution in [0.2, 0.25) is 0 Å². The number of rotatable bonds is 2. The van der Waals surface area contributed by atoms with E-state index < -0.39 is 0 Å². The van der Waals surface area contributed by atoms with Gasteiger partial charge in [0.25, 0.3) is 0 Å². The molecule has 2 fully saturated rings. The molecule has 0 spiro atoms. The molecule has 2 saturated heterocycles. The Balaban J connectivity index is 1.96. The van der Waals surface area contributed by atoms with Crippen LogP contribution >= 0.6 is 0 Å². The van der Waals surface area contributed by atoms with Crippen molar-refractivity contribution < 1.29 is 0 Å². The second kappa shape index (κ2) is 4.84. The van der Waals surface area contributed by atoms with Crippen molar-refractivity contribution in [1.29, 1.82) is 0 Å². The van der Waals surface area contributed by atoms with E-state index in [2.05, 4.69) is 31.0 Å². The van der Waals surface area contributed by atoms with Gasteiger partial charge < -0.3 is 5.32 Å². The van der Waals surface area contributed by atoms with Crippen molar-refractivity contribution in [1.82, 2.24) is 10.2 Å². The van der Waals surface area contributed by atoms with Gasteiger partial charge in [0.1, 0.15) is 0 Å². The molecule has 2 aliphatic rings. The Hall–Kier alpha value is -0.0800. The van der Waals surface area contributed by atoms with Crippen LogP contribution in [0.25, 0.3) is 0 Å². The highest BCUT2D eigenvalue weighted by atomic mass is 15.3. The lowest BCUT2D eigenvalue weighted by atomic mass is 9.99. The van der Waals surface area contributed by atoms with Gasteiger partial charge in [-0.15, -0.1) is 0 Å². The summed E-state index contributed by atoms with van der Waals surface area (Å²) in [6.07, 6.45) is 6.91. The fourth-order valence-corrected chi connectivity index (χ4v) is 3.40. The molecule has 4 unspecified atom stereocenters. The molecule has 4 atom stereocenters. The molecular formula is C13H26N2. The van der Waals surface area contributed by atoms with E-state index in [1.807, 2.05) is 0 Å². The number of piperidine rings is 1. The van der Waals surface area contributed by atoms with Gasteiger partial charge in [-0.2, -0.15) is 0 Å². The Labute approximate surface area is 94.4 Å². The van der Waals surface area contributed by atoms with Gasteiger partial charge in [0.2, 0.25) is 0 Å². The molecule has 1 N–H and O–H groups in total. The van der Waals surface area contributed by atoms with E-state index in [0.29, 0.717) is 0 Å². The molecule has 0 amide bonds. The summed E-state index contributed by atoms with van der Waals surface area (Å²) in [5, 5.41) is 3.63. The predicted octanol–water partition coefficient (Wildman–Crippen LogP) is 2.39. The first-order valence-electron chi connectivity index (χ1n) is 6.73. The molecule has 2 heterocycles. The van der Waals surface area contributed by atoms with Gasteiger partial charge in [-0.25, -0.2) is 0 Å². The minimum atomic E-state index is 0.735. The van der Waals surface area contributed by atoms with E-state index in [9.17, 15) is 0 Å². The summed E-state index contributed by atoms with van der Waals surface area (Å²) < 4.78 is 0. The van der Waals surface area contributed by atoms with Gasteiger partial charge in [-0.3, -0.25) is 4.90 Å². The molecule has 88 valence electrons. The Morgan fingerprint density at radius 2 is 1.93 bits per heavy atom. The van der Waals surface area contributed by atoms with Crippen molar-refractivity contribution in [2.75, 3.05) is 6.54 Å². The van der Waals surface area contributed by atoms with E-state index in [1.165, 1.54) is 38.6 Å². The van der Waals surface area contributed by atoms with Gasteiger partial charge in [-0.05, 0) is 46.0 Å². The van der Waals surface area contributed by atoms with E-state index in [0.717, 1.165) is 24.2 Å². The predicted molar refractivity (Wildman–Crippen MR) is 65.1 cm³/mol. The van der Waals surface area contributed by atoms with Crippen LogP contribution in [-0.4, -0.2) is 35.6 Å². The number of nitrogens with zero attached hydrogens (tertiary/aromatic N) is 1. The third-order valence-electron chi connectivity index (χ3n) is 4.38. The van der Waals surface area contributed by atoms with Crippen molar-refractivity contribution >= 4 is 0 Å². The lowest BCUT2D eigenvalue weighted by Gasteiger charge is -2.40. The third-order valence-corrected chi connectivity index (χ3v) is 4.38. The highest BCUT2D eigenvalue weighted by molar-refractivity contribution is 4.92. The van der Waals surface area contributed by atoms with Crippen LogP contribution in [-0.2, 0) is 0 Å². The molecule has 0 aromatic rings. The monoisotopic (exact) mass is 210 g/mol. The quantitative estimate of drug-likeness (QED) is 0.753. The zero-order valence-electron chi connectivity index (χ0n) is 10.5. The molecule has 0 aromatic carbocycles. The first kappa shape index (κ1) is 11.4. The minimum Gasteiger partial charge on any atom is -0.313 e. The summed E-state index contributed by atoms with van der Waals surface area (Å²) in [6, 6.07) is 3.22. The topological polar surface area (TPSA) is 15.3 Å². The molecule has 0 radical (unpaired) electrons. The van der Waals surface area contributed by atoms with Crippen LogP contribution in [0.5, 0.6) is 0 Å². The van der Waals surface area contributed by atoms with Crippen LogP contribution in [0.1, 0.15) is 52.9 Å². The molecule has 0 bridgehead atoms. The van der Waals surface area contributed by atoms with Crippen LogP contribution in [0.4, 0.5) is 0 Å². The average Bonchev–Trinajstić information content (AvgIpc) is 2.61. The zero-order valence-corrected chi connectivity index (χ0v) is 10.5. The third kappa shape index (κ3) is 2.36.